The highest BCUT2D eigenvalue weighted by Crippen LogP contribution is 1.84. The van der Waals surface area contributed by atoms with Crippen molar-refractivity contribution in [3.05, 3.63) is 0 Å². The molecule has 14 heavy (non-hydrogen) atoms. The molecule has 1 amide bonds. The zero-order valence-corrected chi connectivity index (χ0v) is 8.81. The van der Waals surface area contributed by atoms with E-state index in [1.807, 2.05) is 0 Å². The number of amides is 1. The third kappa shape index (κ3) is 6.80. The predicted molar refractivity (Wildman–Crippen MR) is 52.9 cm³/mol. The molecule has 0 aliphatic rings. The van der Waals surface area contributed by atoms with Gasteiger partial charge in [0.25, 0.3) is 0 Å². The molecule has 4 nitrogen and oxygen atoms in total. The molecule has 1 unspecified atom stereocenters. The monoisotopic (exact) mass is 206 g/mol. The van der Waals surface area contributed by atoms with Crippen LogP contribution in [-0.4, -0.2) is 45.4 Å². The summed E-state index contributed by atoms with van der Waals surface area (Å²) >= 11 is 0. The summed E-state index contributed by atoms with van der Waals surface area (Å²) in [6.07, 6.45) is 0.440. The Bertz CT molecular complexity index is 156. The van der Waals surface area contributed by atoms with Gasteiger partial charge >= 0.3 is 0 Å². The fourth-order valence-corrected chi connectivity index (χ4v) is 0.907. The molecule has 1 atom stereocenters. The fraction of sp³-hybridized carbons (Fsp3) is 0.889. The van der Waals surface area contributed by atoms with Crippen LogP contribution in [0.25, 0.3) is 0 Å². The van der Waals surface area contributed by atoms with Gasteiger partial charge in [0.05, 0.1) is 19.3 Å². The molecule has 0 aromatic heterocycles. The van der Waals surface area contributed by atoms with Gasteiger partial charge in [-0.1, -0.05) is 0 Å². The molecule has 0 fully saturated rings. The molecular weight excluding hydrogens is 187 g/mol. The van der Waals surface area contributed by atoms with Crippen molar-refractivity contribution in [2.24, 2.45) is 0 Å². The lowest BCUT2D eigenvalue weighted by Crippen LogP contribution is -2.43. The Balaban J connectivity index is 3.44. The summed E-state index contributed by atoms with van der Waals surface area (Å²) in [6, 6.07) is -0.279. The standard InChI is InChI=1S/C9H19FN2O2/c1-8(11-5-3-4-10)9(13)12-6-7-14-2/h8,11H,3-7H2,1-2H3,(H,12,13). The van der Waals surface area contributed by atoms with Crippen molar-refractivity contribution >= 4 is 5.91 Å². The lowest BCUT2D eigenvalue weighted by Gasteiger charge is -2.13. The molecule has 0 saturated carbocycles. The first-order chi connectivity index (χ1) is 6.72. The topological polar surface area (TPSA) is 50.4 Å². The summed E-state index contributed by atoms with van der Waals surface area (Å²) in [4.78, 5) is 11.3. The van der Waals surface area contributed by atoms with Gasteiger partial charge in [-0.15, -0.1) is 0 Å². The van der Waals surface area contributed by atoms with E-state index < -0.39 is 0 Å². The van der Waals surface area contributed by atoms with E-state index in [9.17, 15) is 9.18 Å². The minimum atomic E-state index is -0.356. The highest BCUT2D eigenvalue weighted by Gasteiger charge is 2.10. The largest absolute Gasteiger partial charge is 0.383 e. The predicted octanol–water partition coefficient (Wildman–Crippen LogP) is 0.0867. The third-order valence-corrected chi connectivity index (χ3v) is 1.76. The van der Waals surface area contributed by atoms with Gasteiger partial charge in [0, 0.05) is 13.7 Å². The van der Waals surface area contributed by atoms with E-state index in [1.165, 1.54) is 0 Å². The van der Waals surface area contributed by atoms with Crippen LogP contribution in [0.5, 0.6) is 0 Å². The fourth-order valence-electron chi connectivity index (χ4n) is 0.907. The molecule has 84 valence electrons. The van der Waals surface area contributed by atoms with Gasteiger partial charge in [-0.25, -0.2) is 0 Å². The van der Waals surface area contributed by atoms with E-state index in [1.54, 1.807) is 14.0 Å². The van der Waals surface area contributed by atoms with Crippen molar-refractivity contribution in [2.45, 2.75) is 19.4 Å². The first-order valence-electron chi connectivity index (χ1n) is 4.78. The van der Waals surface area contributed by atoms with Crippen LogP contribution in [0.15, 0.2) is 0 Å². The van der Waals surface area contributed by atoms with E-state index in [2.05, 4.69) is 10.6 Å². The van der Waals surface area contributed by atoms with Gasteiger partial charge < -0.3 is 15.4 Å². The number of nitrogens with one attached hydrogen (secondary N) is 2. The Hall–Kier alpha value is -0.680. The molecule has 0 rings (SSSR count). The Labute approximate surface area is 84.2 Å². The van der Waals surface area contributed by atoms with E-state index in [4.69, 9.17) is 4.74 Å². The van der Waals surface area contributed by atoms with Crippen LogP contribution in [0.4, 0.5) is 4.39 Å². The van der Waals surface area contributed by atoms with Crippen LogP contribution < -0.4 is 10.6 Å². The van der Waals surface area contributed by atoms with E-state index >= 15 is 0 Å². The molecule has 0 bridgehead atoms. The average Bonchev–Trinajstić information content (AvgIpc) is 2.18. The van der Waals surface area contributed by atoms with Crippen molar-refractivity contribution in [3.8, 4) is 0 Å². The van der Waals surface area contributed by atoms with Crippen LogP contribution in [0.3, 0.4) is 0 Å². The molecule has 0 spiro atoms. The molecule has 0 aliphatic carbocycles. The molecule has 0 heterocycles. The number of rotatable bonds is 8. The molecule has 0 aromatic rings. The summed E-state index contributed by atoms with van der Waals surface area (Å²) in [5.74, 6) is -0.0825. The molecule has 5 heteroatoms. The Kier molecular flexibility index (Phi) is 8.47. The maximum atomic E-state index is 11.7. The maximum absolute atomic E-state index is 11.7. The van der Waals surface area contributed by atoms with Crippen LogP contribution >= 0.6 is 0 Å². The van der Waals surface area contributed by atoms with Crippen LogP contribution in [0.2, 0.25) is 0 Å². The Morgan fingerprint density at radius 1 is 1.50 bits per heavy atom. The lowest BCUT2D eigenvalue weighted by molar-refractivity contribution is -0.122. The number of methoxy groups -OCH3 is 1. The first-order valence-corrected chi connectivity index (χ1v) is 4.78. The first kappa shape index (κ1) is 13.3. The summed E-state index contributed by atoms with van der Waals surface area (Å²) in [7, 11) is 1.58. The van der Waals surface area contributed by atoms with Gasteiger partial charge in [0.1, 0.15) is 0 Å². The number of hydrogen-bond acceptors (Lipinski definition) is 3. The summed E-state index contributed by atoms with van der Waals surface area (Å²) in [5.41, 5.74) is 0. The zero-order valence-electron chi connectivity index (χ0n) is 8.81. The second-order valence-electron chi connectivity index (χ2n) is 3.00. The van der Waals surface area contributed by atoms with Crippen LogP contribution in [-0.2, 0) is 9.53 Å². The second-order valence-corrected chi connectivity index (χ2v) is 3.00. The summed E-state index contributed by atoms with van der Waals surface area (Å²) in [5, 5.41) is 5.61. The molecule has 2 N–H and O–H groups in total. The van der Waals surface area contributed by atoms with Crippen molar-refractivity contribution in [1.29, 1.82) is 0 Å². The molecule has 0 aromatic carbocycles. The number of halogens is 1. The molecular formula is C9H19FN2O2. The van der Waals surface area contributed by atoms with Gasteiger partial charge in [-0.3, -0.25) is 9.18 Å². The van der Waals surface area contributed by atoms with E-state index in [0.717, 1.165) is 0 Å². The zero-order chi connectivity index (χ0) is 10.8. The Morgan fingerprint density at radius 3 is 2.79 bits per heavy atom. The van der Waals surface area contributed by atoms with Crippen LogP contribution in [0.1, 0.15) is 13.3 Å². The minimum Gasteiger partial charge on any atom is -0.383 e. The summed E-state index contributed by atoms with van der Waals surface area (Å²) < 4.78 is 16.5. The number of carbonyl (C=O) groups excluding carboxylic acids is 1. The lowest BCUT2D eigenvalue weighted by atomic mass is 10.3. The highest BCUT2D eigenvalue weighted by molar-refractivity contribution is 5.81. The van der Waals surface area contributed by atoms with Crippen LogP contribution in [0, 0.1) is 0 Å². The van der Waals surface area contributed by atoms with Crippen molar-refractivity contribution in [3.63, 3.8) is 0 Å². The third-order valence-electron chi connectivity index (χ3n) is 1.76. The average molecular weight is 206 g/mol. The number of carbonyl (C=O) groups is 1. The number of alkyl halides is 1. The van der Waals surface area contributed by atoms with Crippen molar-refractivity contribution < 1.29 is 13.9 Å². The number of ether oxygens (including phenoxy) is 1. The normalized spacial score (nSPS) is 12.5. The number of hydrogen-bond donors (Lipinski definition) is 2. The van der Waals surface area contributed by atoms with Crippen molar-refractivity contribution in [1.82, 2.24) is 10.6 Å². The highest BCUT2D eigenvalue weighted by atomic mass is 19.1. The van der Waals surface area contributed by atoms with Crippen molar-refractivity contribution in [2.75, 3.05) is 33.5 Å². The molecule has 0 aliphatic heterocycles. The molecule has 0 saturated heterocycles. The quantitative estimate of drug-likeness (QED) is 0.553. The second kappa shape index (κ2) is 8.90. The van der Waals surface area contributed by atoms with Gasteiger partial charge in [0.2, 0.25) is 5.91 Å². The van der Waals surface area contributed by atoms with E-state index in [0.29, 0.717) is 26.1 Å². The van der Waals surface area contributed by atoms with Gasteiger partial charge in [0.15, 0.2) is 0 Å². The summed E-state index contributed by atoms with van der Waals surface area (Å²) in [6.45, 7) is 2.92. The Morgan fingerprint density at radius 2 is 2.21 bits per heavy atom. The smallest absolute Gasteiger partial charge is 0.236 e. The molecule has 0 radical (unpaired) electrons. The minimum absolute atomic E-state index is 0.0825. The van der Waals surface area contributed by atoms with E-state index in [-0.39, 0.29) is 18.6 Å². The van der Waals surface area contributed by atoms with Gasteiger partial charge in [-0.05, 0) is 19.9 Å². The SMILES string of the molecule is COCCNC(=O)C(C)NCCCF. The maximum Gasteiger partial charge on any atom is 0.236 e. The van der Waals surface area contributed by atoms with Gasteiger partial charge in [-0.2, -0.15) is 0 Å².